The van der Waals surface area contributed by atoms with Crippen LogP contribution in [0, 0.1) is 0 Å². The average Bonchev–Trinajstić information content (AvgIpc) is 2.83. The molecular formula is C12H9F2N5O. The summed E-state index contributed by atoms with van der Waals surface area (Å²) in [7, 11) is 0. The summed E-state index contributed by atoms with van der Waals surface area (Å²) in [4.78, 5) is 7.87. The number of aromatic nitrogens is 4. The number of nitrogen functional groups attached to an aromatic ring is 1. The van der Waals surface area contributed by atoms with Gasteiger partial charge in [-0.2, -0.15) is 13.9 Å². The minimum atomic E-state index is -2.88. The monoisotopic (exact) mass is 277 g/mol. The second-order valence-corrected chi connectivity index (χ2v) is 3.96. The molecule has 3 rings (SSSR count). The van der Waals surface area contributed by atoms with E-state index >= 15 is 0 Å². The zero-order chi connectivity index (χ0) is 14.1. The highest BCUT2D eigenvalue weighted by Gasteiger charge is 2.13. The molecule has 0 atom stereocenters. The van der Waals surface area contributed by atoms with Gasteiger partial charge in [0.15, 0.2) is 5.65 Å². The van der Waals surface area contributed by atoms with Crippen LogP contribution in [0.5, 0.6) is 5.75 Å². The highest BCUT2D eigenvalue weighted by atomic mass is 19.3. The number of nitrogens with zero attached hydrogens (tertiary/aromatic N) is 3. The van der Waals surface area contributed by atoms with Crippen molar-refractivity contribution in [3.05, 3.63) is 30.6 Å². The molecule has 0 spiro atoms. The Morgan fingerprint density at radius 3 is 2.90 bits per heavy atom. The van der Waals surface area contributed by atoms with Gasteiger partial charge in [-0.05, 0) is 12.1 Å². The fourth-order valence-corrected chi connectivity index (χ4v) is 1.92. The third kappa shape index (κ3) is 2.11. The number of hydrogen-bond acceptors (Lipinski definition) is 5. The van der Waals surface area contributed by atoms with Crippen LogP contribution in [0.2, 0.25) is 0 Å². The molecule has 0 unspecified atom stereocenters. The molecule has 3 aromatic rings. The number of nitrogens with one attached hydrogen (secondary N) is 1. The summed E-state index contributed by atoms with van der Waals surface area (Å²) in [6.07, 6.45) is 1.30. The number of ether oxygens (including phenoxy) is 1. The van der Waals surface area contributed by atoms with E-state index in [1.54, 1.807) is 12.1 Å². The minimum Gasteiger partial charge on any atom is -0.435 e. The predicted octanol–water partition coefficient (Wildman–Crippen LogP) is 2.20. The number of nitrogens with two attached hydrogens (primary N) is 1. The minimum absolute atomic E-state index is 0.0515. The Hall–Kier alpha value is -2.77. The lowest BCUT2D eigenvalue weighted by Crippen LogP contribution is -2.01. The Balaban J connectivity index is 2.11. The summed E-state index contributed by atoms with van der Waals surface area (Å²) in [6, 6.07) is 6.22. The van der Waals surface area contributed by atoms with Crippen LogP contribution in [-0.2, 0) is 0 Å². The van der Waals surface area contributed by atoms with E-state index in [4.69, 9.17) is 5.73 Å². The normalized spacial score (nSPS) is 11.2. The van der Waals surface area contributed by atoms with E-state index in [0.29, 0.717) is 22.3 Å². The molecule has 3 N–H and O–H groups in total. The van der Waals surface area contributed by atoms with Crippen molar-refractivity contribution in [2.75, 3.05) is 5.73 Å². The number of aromatic amines is 1. The van der Waals surface area contributed by atoms with E-state index in [-0.39, 0.29) is 11.6 Å². The lowest BCUT2D eigenvalue weighted by atomic mass is 10.1. The van der Waals surface area contributed by atoms with Gasteiger partial charge < -0.3 is 10.5 Å². The predicted molar refractivity (Wildman–Crippen MR) is 68.2 cm³/mol. The molecule has 6 nitrogen and oxygen atoms in total. The summed E-state index contributed by atoms with van der Waals surface area (Å²) < 4.78 is 28.8. The molecule has 0 aliphatic carbocycles. The molecule has 0 saturated heterocycles. The van der Waals surface area contributed by atoms with Gasteiger partial charge in [0.2, 0.25) is 0 Å². The Morgan fingerprint density at radius 1 is 1.25 bits per heavy atom. The first kappa shape index (κ1) is 12.3. The summed E-state index contributed by atoms with van der Waals surface area (Å²) >= 11 is 0. The van der Waals surface area contributed by atoms with E-state index in [9.17, 15) is 8.78 Å². The van der Waals surface area contributed by atoms with Crippen molar-refractivity contribution in [2.45, 2.75) is 6.61 Å². The zero-order valence-electron chi connectivity index (χ0n) is 10.0. The van der Waals surface area contributed by atoms with Gasteiger partial charge in [-0.15, -0.1) is 0 Å². The Kier molecular flexibility index (Phi) is 2.90. The van der Waals surface area contributed by atoms with Gasteiger partial charge in [0.05, 0.1) is 11.1 Å². The molecule has 0 bridgehead atoms. The third-order valence-electron chi connectivity index (χ3n) is 2.73. The maximum atomic E-state index is 12.2. The van der Waals surface area contributed by atoms with Crippen LogP contribution in [0.15, 0.2) is 30.6 Å². The molecule has 2 aromatic heterocycles. The van der Waals surface area contributed by atoms with E-state index in [0.717, 1.165) is 0 Å². The van der Waals surface area contributed by atoms with Gasteiger partial charge in [-0.3, -0.25) is 5.10 Å². The molecule has 0 saturated carbocycles. The molecule has 0 aliphatic rings. The number of benzene rings is 1. The third-order valence-corrected chi connectivity index (χ3v) is 2.73. The molecule has 2 heterocycles. The van der Waals surface area contributed by atoms with E-state index in [1.165, 1.54) is 18.5 Å². The number of rotatable bonds is 3. The molecule has 1 aromatic carbocycles. The van der Waals surface area contributed by atoms with Gasteiger partial charge >= 0.3 is 6.61 Å². The largest absolute Gasteiger partial charge is 0.435 e. The maximum absolute atomic E-state index is 12.2. The highest BCUT2D eigenvalue weighted by Crippen LogP contribution is 2.30. The first-order valence-electron chi connectivity index (χ1n) is 5.65. The van der Waals surface area contributed by atoms with Crippen molar-refractivity contribution >= 4 is 16.9 Å². The Morgan fingerprint density at radius 2 is 2.10 bits per heavy atom. The zero-order valence-corrected chi connectivity index (χ0v) is 10.0. The quantitative estimate of drug-likeness (QED) is 0.766. The fraction of sp³-hybridized carbons (Fsp3) is 0.0833. The summed E-state index contributed by atoms with van der Waals surface area (Å²) in [5.74, 6) is 0.314. The topological polar surface area (TPSA) is 89.7 Å². The number of alkyl halides is 2. The van der Waals surface area contributed by atoms with Crippen LogP contribution < -0.4 is 10.5 Å². The fourth-order valence-electron chi connectivity index (χ4n) is 1.92. The van der Waals surface area contributed by atoms with E-state index in [2.05, 4.69) is 24.9 Å². The average molecular weight is 277 g/mol. The standard InChI is InChI=1S/C12H9F2N5O/c13-12(14)20-7-3-1-2-6(4-7)9-8-10(15)16-5-17-11(8)19-18-9/h1-5,12H,(H3,15,16,17,18,19). The number of anilines is 1. The van der Waals surface area contributed by atoms with E-state index in [1.807, 2.05) is 0 Å². The van der Waals surface area contributed by atoms with Gasteiger partial charge in [0, 0.05) is 5.56 Å². The summed E-state index contributed by atoms with van der Waals surface area (Å²) in [5.41, 5.74) is 7.36. The van der Waals surface area contributed by atoms with Crippen LogP contribution in [0.1, 0.15) is 0 Å². The molecule has 0 amide bonds. The second-order valence-electron chi connectivity index (χ2n) is 3.96. The van der Waals surface area contributed by atoms with Crippen molar-refractivity contribution in [3.8, 4) is 17.0 Å². The first-order chi connectivity index (χ1) is 9.65. The number of halogens is 2. The molecule has 20 heavy (non-hydrogen) atoms. The lowest BCUT2D eigenvalue weighted by Gasteiger charge is -2.06. The smallest absolute Gasteiger partial charge is 0.387 e. The number of hydrogen-bond donors (Lipinski definition) is 2. The molecule has 102 valence electrons. The van der Waals surface area contributed by atoms with Crippen molar-refractivity contribution in [3.63, 3.8) is 0 Å². The van der Waals surface area contributed by atoms with Crippen molar-refractivity contribution in [1.82, 2.24) is 20.2 Å². The summed E-state index contributed by atoms with van der Waals surface area (Å²) in [6.45, 7) is -2.88. The van der Waals surface area contributed by atoms with Crippen LogP contribution in [0.3, 0.4) is 0 Å². The Bertz CT molecular complexity index is 758. The number of fused-ring (bicyclic) bond motifs is 1. The SMILES string of the molecule is Nc1ncnc2n[nH]c(-c3cccc(OC(F)F)c3)c12. The van der Waals surface area contributed by atoms with Crippen molar-refractivity contribution < 1.29 is 13.5 Å². The van der Waals surface area contributed by atoms with Gasteiger partial charge in [-0.25, -0.2) is 9.97 Å². The van der Waals surface area contributed by atoms with Crippen LogP contribution in [-0.4, -0.2) is 26.8 Å². The van der Waals surface area contributed by atoms with Gasteiger partial charge in [0.1, 0.15) is 17.9 Å². The van der Waals surface area contributed by atoms with Crippen LogP contribution in [0.25, 0.3) is 22.3 Å². The molecular weight excluding hydrogens is 268 g/mol. The number of H-pyrrole nitrogens is 1. The van der Waals surface area contributed by atoms with Crippen LogP contribution >= 0.6 is 0 Å². The Labute approximate surface area is 111 Å². The maximum Gasteiger partial charge on any atom is 0.387 e. The second kappa shape index (κ2) is 4.72. The van der Waals surface area contributed by atoms with Crippen molar-refractivity contribution in [2.24, 2.45) is 0 Å². The van der Waals surface area contributed by atoms with E-state index < -0.39 is 6.61 Å². The molecule has 8 heteroatoms. The molecule has 0 fully saturated rings. The first-order valence-corrected chi connectivity index (χ1v) is 5.65. The lowest BCUT2D eigenvalue weighted by molar-refractivity contribution is -0.0498. The summed E-state index contributed by atoms with van der Waals surface area (Å²) in [5, 5.41) is 7.32. The van der Waals surface area contributed by atoms with Crippen molar-refractivity contribution in [1.29, 1.82) is 0 Å². The highest BCUT2D eigenvalue weighted by molar-refractivity contribution is 5.97. The molecule has 0 aliphatic heterocycles. The molecule has 0 radical (unpaired) electrons. The van der Waals surface area contributed by atoms with Gasteiger partial charge in [-0.1, -0.05) is 12.1 Å². The van der Waals surface area contributed by atoms with Gasteiger partial charge in [0.25, 0.3) is 0 Å². The van der Waals surface area contributed by atoms with Crippen LogP contribution in [0.4, 0.5) is 14.6 Å².